The van der Waals surface area contributed by atoms with E-state index in [9.17, 15) is 17.1 Å². The van der Waals surface area contributed by atoms with Crippen LogP contribution in [0.1, 0.15) is 17.5 Å². The van der Waals surface area contributed by atoms with Crippen molar-refractivity contribution in [3.8, 4) is 0 Å². The number of aryl methyl sites for hydroxylation is 2. The molecule has 104 valence electrons. The Bertz CT molecular complexity index is 621. The summed E-state index contributed by atoms with van der Waals surface area (Å²) >= 11 is 5.91. The van der Waals surface area contributed by atoms with E-state index in [1.165, 1.54) is 4.90 Å². The molecule has 0 aromatic heterocycles. The van der Waals surface area contributed by atoms with Crippen LogP contribution in [0.2, 0.25) is 5.02 Å². The third-order valence-corrected chi connectivity index (χ3v) is 4.54. The zero-order valence-corrected chi connectivity index (χ0v) is 12.1. The van der Waals surface area contributed by atoms with Crippen LogP contribution in [0.15, 0.2) is 12.1 Å². The summed E-state index contributed by atoms with van der Waals surface area (Å²) in [6, 6.07) is 3.38. The fraction of sp³-hybridized carbons (Fsp3) is 0.417. The Balaban J connectivity index is 2.42. The Morgan fingerprint density at radius 1 is 1.32 bits per heavy atom. The number of amides is 1. The van der Waals surface area contributed by atoms with Crippen molar-refractivity contribution in [2.24, 2.45) is 0 Å². The number of benzene rings is 1. The third-order valence-electron chi connectivity index (χ3n) is 3.21. The molecule has 4 nitrogen and oxygen atoms in total. The largest absolute Gasteiger partial charge is 0.310 e. The highest BCUT2D eigenvalue weighted by molar-refractivity contribution is 7.87. The summed E-state index contributed by atoms with van der Waals surface area (Å²) < 4.78 is 34.8. The first-order valence-electron chi connectivity index (χ1n) is 5.70. The van der Waals surface area contributed by atoms with Gasteiger partial charge in [-0.2, -0.15) is 8.42 Å². The van der Waals surface area contributed by atoms with Crippen molar-refractivity contribution in [1.82, 2.24) is 0 Å². The van der Waals surface area contributed by atoms with Gasteiger partial charge in [0.15, 0.2) is 0 Å². The van der Waals surface area contributed by atoms with Crippen LogP contribution < -0.4 is 4.90 Å². The minimum atomic E-state index is -4.70. The molecule has 1 aliphatic rings. The molecule has 0 aliphatic carbocycles. The molecule has 7 heteroatoms. The first kappa shape index (κ1) is 14.3. The summed E-state index contributed by atoms with van der Waals surface area (Å²) in [7, 11) is -4.70. The van der Waals surface area contributed by atoms with Crippen molar-refractivity contribution < 1.29 is 17.1 Å². The molecule has 0 bridgehead atoms. The molecule has 1 heterocycles. The maximum atomic E-state index is 13.0. The van der Waals surface area contributed by atoms with Crippen molar-refractivity contribution >= 4 is 33.4 Å². The first-order valence-corrected chi connectivity index (χ1v) is 7.53. The van der Waals surface area contributed by atoms with E-state index in [0.29, 0.717) is 10.7 Å². The van der Waals surface area contributed by atoms with E-state index in [2.05, 4.69) is 0 Å². The van der Waals surface area contributed by atoms with E-state index in [1.807, 2.05) is 0 Å². The minimum absolute atomic E-state index is 0.152. The molecule has 0 radical (unpaired) electrons. The predicted octanol–water partition coefficient (Wildman–Crippen LogP) is 2.36. The second-order valence-electron chi connectivity index (χ2n) is 4.69. The smallest absolute Gasteiger partial charge is 0.307 e. The maximum absolute atomic E-state index is 13.0. The molecule has 0 saturated carbocycles. The zero-order chi connectivity index (χ0) is 14.4. The molecule has 1 fully saturated rings. The normalized spacial score (nSPS) is 20.1. The van der Waals surface area contributed by atoms with Crippen LogP contribution in [-0.4, -0.2) is 26.1 Å². The van der Waals surface area contributed by atoms with Gasteiger partial charge < -0.3 is 4.90 Å². The lowest BCUT2D eigenvalue weighted by Gasteiger charge is -2.21. The van der Waals surface area contributed by atoms with Crippen LogP contribution >= 0.6 is 11.6 Å². The number of nitrogens with zero attached hydrogens (tertiary/aromatic N) is 1. The van der Waals surface area contributed by atoms with Gasteiger partial charge >= 0.3 is 10.2 Å². The molecular weight excluding hydrogens is 293 g/mol. The first-order chi connectivity index (χ1) is 8.70. The van der Waals surface area contributed by atoms with Gasteiger partial charge in [0.1, 0.15) is 5.25 Å². The monoisotopic (exact) mass is 305 g/mol. The molecule has 0 N–H and O–H groups in total. The van der Waals surface area contributed by atoms with Gasteiger partial charge in [0.05, 0.1) is 0 Å². The average Bonchev–Trinajstić information content (AvgIpc) is 2.59. The van der Waals surface area contributed by atoms with Gasteiger partial charge in [-0.15, -0.1) is 3.89 Å². The summed E-state index contributed by atoms with van der Waals surface area (Å²) in [5, 5.41) is -0.741. The molecule has 1 aliphatic heterocycles. The number of hydrogen-bond donors (Lipinski definition) is 0. The van der Waals surface area contributed by atoms with Crippen LogP contribution in [0.25, 0.3) is 0 Å². The molecule has 1 saturated heterocycles. The van der Waals surface area contributed by atoms with Gasteiger partial charge in [-0.1, -0.05) is 11.6 Å². The van der Waals surface area contributed by atoms with Crippen molar-refractivity contribution in [2.75, 3.05) is 11.4 Å². The quantitative estimate of drug-likeness (QED) is 0.788. The van der Waals surface area contributed by atoms with Gasteiger partial charge in [0, 0.05) is 23.7 Å². The van der Waals surface area contributed by atoms with E-state index in [4.69, 9.17) is 11.6 Å². The van der Waals surface area contributed by atoms with Crippen LogP contribution in [0.4, 0.5) is 9.57 Å². The molecule has 19 heavy (non-hydrogen) atoms. The highest BCUT2D eigenvalue weighted by atomic mass is 35.5. The van der Waals surface area contributed by atoms with Crippen LogP contribution in [0, 0.1) is 13.8 Å². The van der Waals surface area contributed by atoms with Crippen LogP contribution in [-0.2, 0) is 15.0 Å². The summed E-state index contributed by atoms with van der Waals surface area (Å²) in [6.07, 6.45) is -0.319. The second-order valence-corrected chi connectivity index (χ2v) is 6.75. The minimum Gasteiger partial charge on any atom is -0.310 e. The Hall–Kier alpha value is -1.14. The predicted molar refractivity (Wildman–Crippen MR) is 71.7 cm³/mol. The van der Waals surface area contributed by atoms with Gasteiger partial charge in [-0.05, 0) is 37.1 Å². The second kappa shape index (κ2) is 4.76. The Morgan fingerprint density at radius 3 is 2.26 bits per heavy atom. The van der Waals surface area contributed by atoms with Crippen molar-refractivity contribution in [2.45, 2.75) is 25.5 Å². The summed E-state index contributed by atoms with van der Waals surface area (Å²) in [5.74, 6) is -0.389. The van der Waals surface area contributed by atoms with E-state index in [0.717, 1.165) is 11.1 Å². The fourth-order valence-corrected chi connectivity index (χ4v) is 3.40. The number of halogens is 2. The maximum Gasteiger partial charge on any atom is 0.307 e. The lowest BCUT2D eigenvalue weighted by molar-refractivity contribution is -0.117. The average molecular weight is 306 g/mol. The van der Waals surface area contributed by atoms with Gasteiger partial charge in [-0.3, -0.25) is 4.79 Å². The lowest BCUT2D eigenvalue weighted by atomic mass is 10.1. The molecule has 2 rings (SSSR count). The Morgan fingerprint density at radius 2 is 1.84 bits per heavy atom. The van der Waals surface area contributed by atoms with Crippen molar-refractivity contribution in [1.29, 1.82) is 0 Å². The molecule has 1 unspecified atom stereocenters. The van der Waals surface area contributed by atoms with Crippen LogP contribution in [0.5, 0.6) is 0 Å². The van der Waals surface area contributed by atoms with E-state index < -0.39 is 15.5 Å². The zero-order valence-electron chi connectivity index (χ0n) is 10.5. The molecule has 1 aromatic carbocycles. The van der Waals surface area contributed by atoms with Crippen molar-refractivity contribution in [3.05, 3.63) is 28.3 Å². The molecule has 1 amide bonds. The molecule has 1 aromatic rings. The van der Waals surface area contributed by atoms with E-state index in [1.54, 1.807) is 26.0 Å². The number of carbonyl (C=O) groups excluding carboxylic acids is 1. The van der Waals surface area contributed by atoms with Crippen LogP contribution in [0.3, 0.4) is 0 Å². The van der Waals surface area contributed by atoms with Gasteiger partial charge in [-0.25, -0.2) is 0 Å². The molecule has 0 spiro atoms. The summed E-state index contributed by atoms with van der Waals surface area (Å²) in [6.45, 7) is 3.40. The molecule has 1 atom stereocenters. The van der Waals surface area contributed by atoms with E-state index in [-0.39, 0.29) is 18.9 Å². The topological polar surface area (TPSA) is 54.5 Å². The number of anilines is 1. The van der Waals surface area contributed by atoms with Gasteiger partial charge in [0.2, 0.25) is 5.91 Å². The summed E-state index contributed by atoms with van der Waals surface area (Å²) in [4.78, 5) is 13.2. The summed E-state index contributed by atoms with van der Waals surface area (Å²) in [5.41, 5.74) is 2.13. The highest BCUT2D eigenvalue weighted by Gasteiger charge is 2.39. The Kier molecular flexibility index (Phi) is 3.57. The number of carbonyl (C=O) groups is 1. The standard InChI is InChI=1S/C12H13ClFNO3S/c1-7-3-9(13)4-8(2)12(7)15-6-10(5-11(15)16)19(14,17)18/h3-4,10H,5-6H2,1-2H3. The third kappa shape index (κ3) is 2.74. The highest BCUT2D eigenvalue weighted by Crippen LogP contribution is 2.33. The van der Waals surface area contributed by atoms with E-state index >= 15 is 0 Å². The Labute approximate surface area is 116 Å². The number of hydrogen-bond acceptors (Lipinski definition) is 3. The number of rotatable bonds is 2. The van der Waals surface area contributed by atoms with Gasteiger partial charge in [0.25, 0.3) is 0 Å². The lowest BCUT2D eigenvalue weighted by Crippen LogP contribution is -2.28. The fourth-order valence-electron chi connectivity index (χ4n) is 2.41. The SMILES string of the molecule is Cc1cc(Cl)cc(C)c1N1CC(S(=O)(=O)F)CC1=O. The van der Waals surface area contributed by atoms with Crippen molar-refractivity contribution in [3.63, 3.8) is 0 Å². The molecular formula is C12H13ClFNO3S.